The lowest BCUT2D eigenvalue weighted by Gasteiger charge is -2.10. The van der Waals surface area contributed by atoms with Crippen LogP contribution in [0.2, 0.25) is 0 Å². The summed E-state index contributed by atoms with van der Waals surface area (Å²) in [5.41, 5.74) is 1.13. The Balaban J connectivity index is 2.25. The van der Waals surface area contributed by atoms with Crippen LogP contribution in [0.4, 0.5) is 13.2 Å². The van der Waals surface area contributed by atoms with Gasteiger partial charge in [0.1, 0.15) is 12.2 Å². The molecule has 98 valence electrons. The fourth-order valence-corrected chi connectivity index (χ4v) is 1.78. The number of rotatable bonds is 3. The molecular weight excluding hydrogens is 255 g/mol. The second-order valence-corrected chi connectivity index (χ2v) is 4.03. The van der Waals surface area contributed by atoms with Gasteiger partial charge in [0.05, 0.1) is 18.2 Å². The molecule has 1 aromatic carbocycles. The van der Waals surface area contributed by atoms with Crippen molar-refractivity contribution in [2.45, 2.75) is 19.1 Å². The molecule has 0 aliphatic rings. The van der Waals surface area contributed by atoms with Crippen LogP contribution in [-0.2, 0) is 13.0 Å². The van der Waals surface area contributed by atoms with Crippen molar-refractivity contribution in [2.24, 2.45) is 0 Å². The SMILES string of the molecule is N#Cc1ccccc1Cn1ccnc1CC(F)(F)F. The number of aromatic nitrogens is 2. The van der Waals surface area contributed by atoms with Gasteiger partial charge in [0, 0.05) is 12.4 Å². The third-order valence-corrected chi connectivity index (χ3v) is 2.64. The van der Waals surface area contributed by atoms with Crippen LogP contribution < -0.4 is 0 Å². The molecule has 0 unspecified atom stereocenters. The number of benzene rings is 1. The molecule has 0 bridgehead atoms. The quantitative estimate of drug-likeness (QED) is 0.856. The Morgan fingerprint density at radius 2 is 2.00 bits per heavy atom. The second-order valence-electron chi connectivity index (χ2n) is 4.03. The highest BCUT2D eigenvalue weighted by atomic mass is 19.4. The molecule has 6 heteroatoms. The molecule has 19 heavy (non-hydrogen) atoms. The summed E-state index contributed by atoms with van der Waals surface area (Å²) in [5, 5.41) is 8.95. The number of nitriles is 1. The number of alkyl halides is 3. The minimum absolute atomic E-state index is 0.0553. The van der Waals surface area contributed by atoms with Gasteiger partial charge in [0.25, 0.3) is 0 Å². The molecule has 0 aliphatic carbocycles. The van der Waals surface area contributed by atoms with Gasteiger partial charge in [-0.3, -0.25) is 0 Å². The molecule has 2 aromatic rings. The Morgan fingerprint density at radius 1 is 1.26 bits per heavy atom. The van der Waals surface area contributed by atoms with E-state index in [1.54, 1.807) is 24.3 Å². The summed E-state index contributed by atoms with van der Waals surface area (Å²) in [6.45, 7) is 0.204. The first-order chi connectivity index (χ1) is 8.99. The van der Waals surface area contributed by atoms with E-state index in [9.17, 15) is 13.2 Å². The Labute approximate surface area is 107 Å². The van der Waals surface area contributed by atoms with Crippen molar-refractivity contribution in [1.82, 2.24) is 9.55 Å². The van der Waals surface area contributed by atoms with Gasteiger partial charge in [-0.05, 0) is 11.6 Å². The molecule has 1 aromatic heterocycles. The van der Waals surface area contributed by atoms with Gasteiger partial charge < -0.3 is 4.57 Å². The van der Waals surface area contributed by atoms with E-state index in [0.717, 1.165) is 0 Å². The van der Waals surface area contributed by atoms with E-state index >= 15 is 0 Å². The van der Waals surface area contributed by atoms with Gasteiger partial charge in [-0.1, -0.05) is 18.2 Å². The summed E-state index contributed by atoms with van der Waals surface area (Å²) in [7, 11) is 0. The molecule has 0 fully saturated rings. The first-order valence-electron chi connectivity index (χ1n) is 5.54. The number of nitrogens with zero attached hydrogens (tertiary/aromatic N) is 3. The van der Waals surface area contributed by atoms with E-state index in [2.05, 4.69) is 4.98 Å². The normalized spacial score (nSPS) is 11.3. The van der Waals surface area contributed by atoms with E-state index in [1.165, 1.54) is 17.0 Å². The minimum atomic E-state index is -4.29. The molecular formula is C13H10F3N3. The van der Waals surface area contributed by atoms with Crippen LogP contribution in [0.1, 0.15) is 17.0 Å². The molecule has 0 amide bonds. The van der Waals surface area contributed by atoms with Crippen molar-refractivity contribution in [3.8, 4) is 6.07 Å². The molecule has 0 radical (unpaired) electrons. The van der Waals surface area contributed by atoms with Crippen LogP contribution in [0, 0.1) is 11.3 Å². The predicted molar refractivity (Wildman–Crippen MR) is 62.2 cm³/mol. The monoisotopic (exact) mass is 265 g/mol. The van der Waals surface area contributed by atoms with E-state index in [1.807, 2.05) is 6.07 Å². The smallest absolute Gasteiger partial charge is 0.330 e. The zero-order chi connectivity index (χ0) is 13.9. The Morgan fingerprint density at radius 3 is 2.68 bits per heavy atom. The van der Waals surface area contributed by atoms with E-state index in [-0.39, 0.29) is 12.4 Å². The molecule has 0 atom stereocenters. The Hall–Kier alpha value is -2.29. The van der Waals surface area contributed by atoms with Crippen molar-refractivity contribution in [1.29, 1.82) is 5.26 Å². The van der Waals surface area contributed by atoms with Crippen molar-refractivity contribution >= 4 is 0 Å². The highest BCUT2D eigenvalue weighted by Gasteiger charge is 2.30. The molecule has 0 N–H and O–H groups in total. The van der Waals surface area contributed by atoms with Gasteiger partial charge in [-0.25, -0.2) is 4.98 Å². The van der Waals surface area contributed by atoms with Gasteiger partial charge in [-0.15, -0.1) is 0 Å². The van der Waals surface area contributed by atoms with E-state index in [0.29, 0.717) is 11.1 Å². The second kappa shape index (κ2) is 5.14. The summed E-state index contributed by atoms with van der Waals surface area (Å²) >= 11 is 0. The molecule has 0 saturated heterocycles. The first-order valence-corrected chi connectivity index (χ1v) is 5.54. The molecule has 0 spiro atoms. The fourth-order valence-electron chi connectivity index (χ4n) is 1.78. The van der Waals surface area contributed by atoms with Gasteiger partial charge in [0.15, 0.2) is 0 Å². The van der Waals surface area contributed by atoms with E-state index < -0.39 is 12.6 Å². The molecule has 0 saturated carbocycles. The fraction of sp³-hybridized carbons (Fsp3) is 0.231. The highest BCUT2D eigenvalue weighted by molar-refractivity contribution is 5.37. The third-order valence-electron chi connectivity index (χ3n) is 2.64. The summed E-state index contributed by atoms with van der Waals surface area (Å²) in [6.07, 6.45) is -2.56. The van der Waals surface area contributed by atoms with Gasteiger partial charge in [0.2, 0.25) is 0 Å². The van der Waals surface area contributed by atoms with Crippen molar-refractivity contribution in [3.63, 3.8) is 0 Å². The van der Waals surface area contributed by atoms with Crippen molar-refractivity contribution in [2.75, 3.05) is 0 Å². The van der Waals surface area contributed by atoms with Crippen LogP contribution in [0.25, 0.3) is 0 Å². The number of hydrogen-bond donors (Lipinski definition) is 0. The van der Waals surface area contributed by atoms with Crippen LogP contribution in [0.3, 0.4) is 0 Å². The third kappa shape index (κ3) is 3.35. The molecule has 1 heterocycles. The maximum absolute atomic E-state index is 12.4. The average Bonchev–Trinajstić information content (AvgIpc) is 2.75. The van der Waals surface area contributed by atoms with Crippen molar-refractivity contribution in [3.05, 3.63) is 53.6 Å². The molecule has 0 aliphatic heterocycles. The zero-order valence-corrected chi connectivity index (χ0v) is 9.85. The summed E-state index contributed by atoms with van der Waals surface area (Å²) in [4.78, 5) is 3.71. The number of halogens is 3. The van der Waals surface area contributed by atoms with Crippen LogP contribution in [0.15, 0.2) is 36.7 Å². The summed E-state index contributed by atoms with van der Waals surface area (Å²) < 4.78 is 38.5. The predicted octanol–water partition coefficient (Wildman–Crippen LogP) is 2.91. The largest absolute Gasteiger partial charge is 0.396 e. The van der Waals surface area contributed by atoms with Crippen molar-refractivity contribution < 1.29 is 13.2 Å². The lowest BCUT2D eigenvalue weighted by Crippen LogP contribution is -2.16. The number of imidazole rings is 1. The van der Waals surface area contributed by atoms with E-state index in [4.69, 9.17) is 5.26 Å². The lowest BCUT2D eigenvalue weighted by atomic mass is 10.1. The first kappa shape index (κ1) is 13.1. The maximum Gasteiger partial charge on any atom is 0.396 e. The Bertz CT molecular complexity index is 608. The molecule has 3 nitrogen and oxygen atoms in total. The van der Waals surface area contributed by atoms with Crippen LogP contribution >= 0.6 is 0 Å². The number of hydrogen-bond acceptors (Lipinski definition) is 2. The van der Waals surface area contributed by atoms with Crippen LogP contribution in [-0.4, -0.2) is 15.7 Å². The standard InChI is InChI=1S/C13H10F3N3/c14-13(15,16)7-12-18-5-6-19(12)9-11-4-2-1-3-10(11)8-17/h1-6H,7,9H2. The summed E-state index contributed by atoms with van der Waals surface area (Å²) in [6, 6.07) is 8.83. The summed E-state index contributed by atoms with van der Waals surface area (Å²) in [5.74, 6) is -0.0553. The lowest BCUT2D eigenvalue weighted by molar-refractivity contribution is -0.128. The maximum atomic E-state index is 12.4. The zero-order valence-electron chi connectivity index (χ0n) is 9.85. The van der Waals surface area contributed by atoms with Crippen LogP contribution in [0.5, 0.6) is 0 Å². The topological polar surface area (TPSA) is 41.6 Å². The molecule has 2 rings (SSSR count). The highest BCUT2D eigenvalue weighted by Crippen LogP contribution is 2.21. The minimum Gasteiger partial charge on any atom is -0.330 e. The van der Waals surface area contributed by atoms with Gasteiger partial charge in [-0.2, -0.15) is 18.4 Å². The average molecular weight is 265 g/mol. The van der Waals surface area contributed by atoms with Gasteiger partial charge >= 0.3 is 6.18 Å². The Kier molecular flexibility index (Phi) is 3.56.